The number of rotatable bonds is 7. The molecule has 24 heavy (non-hydrogen) atoms. The van der Waals surface area contributed by atoms with Crippen LogP contribution in [-0.2, 0) is 6.42 Å². The van der Waals surface area contributed by atoms with Crippen molar-refractivity contribution in [2.45, 2.75) is 40.0 Å². The molecule has 2 aromatic rings. The van der Waals surface area contributed by atoms with Crippen LogP contribution in [0.15, 0.2) is 28.8 Å². The fourth-order valence-corrected chi connectivity index (χ4v) is 2.27. The van der Waals surface area contributed by atoms with Gasteiger partial charge in [0.05, 0.1) is 0 Å². The lowest BCUT2D eigenvalue weighted by Gasteiger charge is -2.13. The Kier molecular flexibility index (Phi) is 6.09. The van der Waals surface area contributed by atoms with Crippen molar-refractivity contribution in [2.75, 3.05) is 13.1 Å². The molecule has 130 valence electrons. The maximum atomic E-state index is 12.2. The van der Waals surface area contributed by atoms with Gasteiger partial charge in [0, 0.05) is 24.1 Å². The summed E-state index contributed by atoms with van der Waals surface area (Å²) in [5, 5.41) is 6.92. The first kappa shape index (κ1) is 18.1. The van der Waals surface area contributed by atoms with Crippen molar-refractivity contribution in [3.05, 3.63) is 35.7 Å². The minimum absolute atomic E-state index is 0.0784. The maximum Gasteiger partial charge on any atom is 0.251 e. The lowest BCUT2D eigenvalue weighted by molar-refractivity contribution is 0.0953. The van der Waals surface area contributed by atoms with E-state index in [1.54, 1.807) is 12.1 Å². The van der Waals surface area contributed by atoms with E-state index in [0.29, 0.717) is 36.8 Å². The van der Waals surface area contributed by atoms with E-state index in [1.165, 1.54) is 0 Å². The molecule has 0 bridgehead atoms. The molecule has 0 aliphatic rings. The molecule has 1 aromatic carbocycles. The van der Waals surface area contributed by atoms with Gasteiger partial charge in [-0.3, -0.25) is 4.79 Å². The number of aromatic nitrogens is 2. The number of benzene rings is 1. The Morgan fingerprint density at radius 1 is 1.29 bits per heavy atom. The predicted molar refractivity (Wildman–Crippen MR) is 93.5 cm³/mol. The third-order valence-electron chi connectivity index (χ3n) is 3.45. The van der Waals surface area contributed by atoms with Crippen LogP contribution >= 0.6 is 0 Å². The van der Waals surface area contributed by atoms with Crippen LogP contribution in [0.2, 0.25) is 0 Å². The quantitative estimate of drug-likeness (QED) is 0.761. The fraction of sp³-hybridized carbons (Fsp3) is 0.500. The van der Waals surface area contributed by atoms with Gasteiger partial charge in [-0.25, -0.2) is 0 Å². The summed E-state index contributed by atoms with van der Waals surface area (Å²) >= 11 is 0. The van der Waals surface area contributed by atoms with E-state index in [9.17, 15) is 4.79 Å². The number of hydrogen-bond acceptors (Lipinski definition) is 5. The molecule has 1 amide bonds. The zero-order valence-corrected chi connectivity index (χ0v) is 14.6. The van der Waals surface area contributed by atoms with Crippen molar-refractivity contribution >= 4 is 5.91 Å². The monoisotopic (exact) mass is 330 g/mol. The summed E-state index contributed by atoms with van der Waals surface area (Å²) in [6.07, 6.45) is 2.49. The van der Waals surface area contributed by atoms with Gasteiger partial charge >= 0.3 is 0 Å². The number of carbonyl (C=O) groups is 1. The Hall–Kier alpha value is -2.21. The van der Waals surface area contributed by atoms with E-state index in [0.717, 1.165) is 18.4 Å². The van der Waals surface area contributed by atoms with E-state index in [-0.39, 0.29) is 11.3 Å². The molecule has 0 radical (unpaired) electrons. The number of carbonyl (C=O) groups excluding carboxylic acids is 1. The van der Waals surface area contributed by atoms with E-state index in [2.05, 4.69) is 36.2 Å². The lowest BCUT2D eigenvalue weighted by atomic mass is 9.92. The van der Waals surface area contributed by atoms with Gasteiger partial charge in [0.2, 0.25) is 11.7 Å². The Morgan fingerprint density at radius 3 is 2.79 bits per heavy atom. The number of nitrogens with two attached hydrogens (primary N) is 1. The van der Waals surface area contributed by atoms with Crippen molar-refractivity contribution in [2.24, 2.45) is 11.1 Å². The second-order valence-corrected chi connectivity index (χ2v) is 7.08. The molecule has 2 rings (SSSR count). The summed E-state index contributed by atoms with van der Waals surface area (Å²) in [5.74, 6) is 1.01. The van der Waals surface area contributed by atoms with Gasteiger partial charge < -0.3 is 15.6 Å². The van der Waals surface area contributed by atoms with Crippen molar-refractivity contribution in [1.29, 1.82) is 0 Å². The summed E-state index contributed by atoms with van der Waals surface area (Å²) in [6, 6.07) is 7.25. The van der Waals surface area contributed by atoms with Crippen molar-refractivity contribution in [3.8, 4) is 11.4 Å². The van der Waals surface area contributed by atoms with E-state index in [1.807, 2.05) is 12.1 Å². The molecule has 3 N–H and O–H groups in total. The summed E-state index contributed by atoms with van der Waals surface area (Å²) in [6.45, 7) is 7.61. The van der Waals surface area contributed by atoms with Crippen LogP contribution in [0.3, 0.4) is 0 Å². The number of nitrogens with zero attached hydrogens (tertiary/aromatic N) is 2. The van der Waals surface area contributed by atoms with Crippen LogP contribution in [0.5, 0.6) is 0 Å². The molecule has 6 nitrogen and oxygen atoms in total. The molecule has 1 aromatic heterocycles. The van der Waals surface area contributed by atoms with Crippen LogP contribution in [0.1, 0.15) is 49.9 Å². The van der Waals surface area contributed by atoms with Crippen LogP contribution in [0.4, 0.5) is 0 Å². The van der Waals surface area contributed by atoms with E-state index >= 15 is 0 Å². The minimum atomic E-state index is -0.104. The fourth-order valence-electron chi connectivity index (χ4n) is 2.27. The molecule has 0 spiro atoms. The third-order valence-corrected chi connectivity index (χ3v) is 3.45. The Balaban J connectivity index is 2.06. The second kappa shape index (κ2) is 8.06. The first-order valence-electron chi connectivity index (χ1n) is 8.30. The van der Waals surface area contributed by atoms with Gasteiger partial charge in [-0.2, -0.15) is 4.98 Å². The molecule has 1 heterocycles. The smallest absolute Gasteiger partial charge is 0.251 e. The first-order valence-corrected chi connectivity index (χ1v) is 8.30. The summed E-state index contributed by atoms with van der Waals surface area (Å²) in [4.78, 5) is 16.6. The molecule has 0 aliphatic carbocycles. The third kappa shape index (κ3) is 5.45. The lowest BCUT2D eigenvalue weighted by Crippen LogP contribution is -2.24. The molecular weight excluding hydrogens is 304 g/mol. The zero-order chi connectivity index (χ0) is 17.6. The highest BCUT2D eigenvalue weighted by Crippen LogP contribution is 2.22. The maximum absolute atomic E-state index is 12.2. The number of nitrogens with one attached hydrogen (secondary N) is 1. The van der Waals surface area contributed by atoms with Crippen LogP contribution in [0, 0.1) is 5.41 Å². The van der Waals surface area contributed by atoms with Gasteiger partial charge in [0.25, 0.3) is 5.91 Å². The Morgan fingerprint density at radius 2 is 2.08 bits per heavy atom. The van der Waals surface area contributed by atoms with Gasteiger partial charge in [0.15, 0.2) is 0 Å². The highest BCUT2D eigenvalue weighted by atomic mass is 16.5. The standard InChI is InChI=1S/C18H26N4O2/c1-18(2,3)12-15-21-16(22-24-15)13-7-6-8-14(11-13)17(23)20-10-5-4-9-19/h6-8,11H,4-5,9-10,12,19H2,1-3H3,(H,20,23). The average molecular weight is 330 g/mol. The minimum Gasteiger partial charge on any atom is -0.352 e. The van der Waals surface area contributed by atoms with E-state index < -0.39 is 0 Å². The van der Waals surface area contributed by atoms with Gasteiger partial charge in [0.1, 0.15) is 0 Å². The highest BCUT2D eigenvalue weighted by molar-refractivity contribution is 5.95. The number of amides is 1. The highest BCUT2D eigenvalue weighted by Gasteiger charge is 2.17. The second-order valence-electron chi connectivity index (χ2n) is 7.08. The predicted octanol–water partition coefficient (Wildman–Crippen LogP) is 2.79. The summed E-state index contributed by atoms with van der Waals surface area (Å²) in [7, 11) is 0. The van der Waals surface area contributed by atoms with Crippen molar-refractivity contribution in [1.82, 2.24) is 15.5 Å². The number of hydrogen-bond donors (Lipinski definition) is 2. The Labute approximate surface area is 142 Å². The molecule has 0 saturated carbocycles. The Bertz CT molecular complexity index is 674. The van der Waals surface area contributed by atoms with Gasteiger partial charge in [-0.1, -0.05) is 38.1 Å². The zero-order valence-electron chi connectivity index (χ0n) is 14.6. The first-order chi connectivity index (χ1) is 11.4. The van der Waals surface area contributed by atoms with E-state index in [4.69, 9.17) is 10.3 Å². The van der Waals surface area contributed by atoms with Crippen LogP contribution in [0.25, 0.3) is 11.4 Å². The average Bonchev–Trinajstić information content (AvgIpc) is 2.98. The van der Waals surface area contributed by atoms with Crippen molar-refractivity contribution < 1.29 is 9.32 Å². The molecule has 0 aliphatic heterocycles. The molecule has 0 saturated heterocycles. The van der Waals surface area contributed by atoms with Crippen molar-refractivity contribution in [3.63, 3.8) is 0 Å². The normalized spacial score (nSPS) is 11.5. The topological polar surface area (TPSA) is 94.0 Å². The molecule has 6 heteroatoms. The SMILES string of the molecule is CC(C)(C)Cc1nc(-c2cccc(C(=O)NCCCCN)c2)no1. The van der Waals surface area contributed by atoms with Gasteiger partial charge in [-0.15, -0.1) is 0 Å². The number of unbranched alkanes of at least 4 members (excludes halogenated alkanes) is 1. The largest absolute Gasteiger partial charge is 0.352 e. The molecule has 0 atom stereocenters. The molecule has 0 unspecified atom stereocenters. The molecule has 0 fully saturated rings. The molecular formula is C18H26N4O2. The van der Waals surface area contributed by atoms with Crippen LogP contribution < -0.4 is 11.1 Å². The summed E-state index contributed by atoms with van der Waals surface area (Å²) in [5.41, 5.74) is 6.88. The van der Waals surface area contributed by atoms with Gasteiger partial charge in [-0.05, 0) is 36.9 Å². The van der Waals surface area contributed by atoms with Crippen LogP contribution in [-0.4, -0.2) is 29.1 Å². The summed E-state index contributed by atoms with van der Waals surface area (Å²) < 4.78 is 5.31.